The maximum atomic E-state index is 13.9. The van der Waals surface area contributed by atoms with Crippen molar-refractivity contribution in [1.29, 1.82) is 0 Å². The van der Waals surface area contributed by atoms with Gasteiger partial charge in [-0.05, 0) is 37.1 Å². The van der Waals surface area contributed by atoms with Gasteiger partial charge in [0, 0.05) is 30.8 Å². The Hall–Kier alpha value is -2.03. The molecular formula is C20H25FIN3O2. The predicted molar refractivity (Wildman–Crippen MR) is 117 cm³/mol. The Morgan fingerprint density at radius 2 is 2.00 bits per heavy atom. The van der Waals surface area contributed by atoms with Crippen molar-refractivity contribution in [3.8, 4) is 11.5 Å². The first kappa shape index (κ1) is 21.3. The zero-order chi connectivity index (χ0) is 18.5. The molecule has 2 aromatic rings. The van der Waals surface area contributed by atoms with Crippen molar-refractivity contribution >= 4 is 35.6 Å². The van der Waals surface area contributed by atoms with Crippen LogP contribution in [0.4, 0.5) is 10.1 Å². The first-order chi connectivity index (χ1) is 12.7. The molecule has 2 aromatic carbocycles. The molecular weight excluding hydrogens is 460 g/mol. The molecule has 1 saturated carbocycles. The number of ether oxygens (including phenoxy) is 2. The first-order valence-corrected chi connectivity index (χ1v) is 8.71. The molecule has 0 amide bonds. The molecule has 0 aliphatic heterocycles. The fraction of sp³-hybridized carbons (Fsp3) is 0.350. The van der Waals surface area contributed by atoms with Gasteiger partial charge in [0.2, 0.25) is 0 Å². The van der Waals surface area contributed by atoms with E-state index >= 15 is 0 Å². The van der Waals surface area contributed by atoms with Gasteiger partial charge in [0.15, 0.2) is 17.5 Å². The van der Waals surface area contributed by atoms with E-state index in [9.17, 15) is 4.39 Å². The van der Waals surface area contributed by atoms with Gasteiger partial charge in [-0.25, -0.2) is 4.39 Å². The summed E-state index contributed by atoms with van der Waals surface area (Å²) >= 11 is 0. The van der Waals surface area contributed by atoms with Crippen LogP contribution in [0.3, 0.4) is 0 Å². The number of aliphatic imine (C=N–C) groups is 1. The van der Waals surface area contributed by atoms with Crippen molar-refractivity contribution < 1.29 is 13.9 Å². The van der Waals surface area contributed by atoms with Crippen LogP contribution in [0, 0.1) is 5.82 Å². The van der Waals surface area contributed by atoms with E-state index in [1.165, 1.54) is 6.07 Å². The molecule has 0 aromatic heterocycles. The number of rotatable bonds is 6. The van der Waals surface area contributed by atoms with Crippen LogP contribution in [0.1, 0.15) is 24.8 Å². The third-order valence-electron chi connectivity index (χ3n) is 4.37. The van der Waals surface area contributed by atoms with Gasteiger partial charge in [-0.3, -0.25) is 4.99 Å². The zero-order valence-corrected chi connectivity index (χ0v) is 18.0. The van der Waals surface area contributed by atoms with Crippen LogP contribution in [0.15, 0.2) is 47.5 Å². The van der Waals surface area contributed by atoms with Gasteiger partial charge in [-0.2, -0.15) is 0 Å². The Kier molecular flexibility index (Phi) is 7.70. The Morgan fingerprint density at radius 3 is 2.67 bits per heavy atom. The molecule has 7 heteroatoms. The molecule has 2 unspecified atom stereocenters. The third kappa shape index (κ3) is 5.24. The van der Waals surface area contributed by atoms with Crippen LogP contribution in [0.2, 0.25) is 0 Å². The Labute approximate surface area is 176 Å². The van der Waals surface area contributed by atoms with Crippen molar-refractivity contribution in [1.82, 2.24) is 5.32 Å². The predicted octanol–water partition coefficient (Wildman–Crippen LogP) is 4.39. The maximum Gasteiger partial charge on any atom is 0.195 e. The highest BCUT2D eigenvalue weighted by Gasteiger charge is 2.40. The van der Waals surface area contributed by atoms with Gasteiger partial charge in [0.05, 0.1) is 13.7 Å². The second-order valence-electron chi connectivity index (χ2n) is 6.11. The van der Waals surface area contributed by atoms with E-state index in [0.717, 1.165) is 17.7 Å². The van der Waals surface area contributed by atoms with E-state index < -0.39 is 0 Å². The largest absolute Gasteiger partial charge is 0.493 e. The van der Waals surface area contributed by atoms with Crippen molar-refractivity contribution in [3.05, 3.63) is 53.8 Å². The minimum atomic E-state index is -0.152. The van der Waals surface area contributed by atoms with Gasteiger partial charge in [0.1, 0.15) is 5.82 Å². The molecule has 1 aliphatic carbocycles. The topological polar surface area (TPSA) is 54.9 Å². The molecule has 5 nitrogen and oxygen atoms in total. The van der Waals surface area contributed by atoms with Gasteiger partial charge in [-0.1, -0.05) is 18.2 Å². The molecule has 1 aliphatic rings. The Balaban J connectivity index is 0.00000261. The van der Waals surface area contributed by atoms with Crippen molar-refractivity contribution in [3.63, 3.8) is 0 Å². The summed E-state index contributed by atoms with van der Waals surface area (Å²) in [5, 5.41) is 6.58. The lowest BCUT2D eigenvalue weighted by atomic mass is 10.1. The fourth-order valence-electron chi connectivity index (χ4n) is 2.96. The summed E-state index contributed by atoms with van der Waals surface area (Å²) < 4.78 is 24.8. The monoisotopic (exact) mass is 485 g/mol. The number of anilines is 1. The summed E-state index contributed by atoms with van der Waals surface area (Å²) in [6, 6.07) is 12.7. The zero-order valence-electron chi connectivity index (χ0n) is 15.7. The molecule has 0 spiro atoms. The molecule has 3 rings (SSSR count). The average molecular weight is 485 g/mol. The van der Waals surface area contributed by atoms with E-state index in [2.05, 4.69) is 15.6 Å². The molecule has 0 bridgehead atoms. The van der Waals surface area contributed by atoms with Crippen LogP contribution < -0.4 is 20.1 Å². The summed E-state index contributed by atoms with van der Waals surface area (Å²) in [6.45, 7) is 2.50. The van der Waals surface area contributed by atoms with E-state index in [1.807, 2.05) is 37.3 Å². The number of hydrogen-bond acceptors (Lipinski definition) is 3. The molecule has 146 valence electrons. The lowest BCUT2D eigenvalue weighted by molar-refractivity contribution is 0.311. The van der Waals surface area contributed by atoms with Crippen LogP contribution in [0.5, 0.6) is 11.5 Å². The second-order valence-corrected chi connectivity index (χ2v) is 6.11. The first-order valence-electron chi connectivity index (χ1n) is 8.71. The molecule has 0 saturated heterocycles. The average Bonchev–Trinajstić information content (AvgIpc) is 3.41. The van der Waals surface area contributed by atoms with Gasteiger partial charge < -0.3 is 20.1 Å². The molecule has 2 atom stereocenters. The maximum absolute atomic E-state index is 13.9. The number of nitrogens with zero attached hydrogens (tertiary/aromatic N) is 1. The normalized spacial score (nSPS) is 18.3. The second kappa shape index (κ2) is 9.77. The SMILES string of the molecule is CCOc1ccc(NC(=NC)NC2CC2c2ccccc2F)cc1OC.I. The van der Waals surface area contributed by atoms with Crippen LogP contribution >= 0.6 is 24.0 Å². The molecule has 1 fully saturated rings. The van der Waals surface area contributed by atoms with E-state index in [4.69, 9.17) is 9.47 Å². The quantitative estimate of drug-likeness (QED) is 0.362. The van der Waals surface area contributed by atoms with Gasteiger partial charge >= 0.3 is 0 Å². The van der Waals surface area contributed by atoms with E-state index in [0.29, 0.717) is 24.1 Å². The number of hydrogen-bond donors (Lipinski definition) is 2. The van der Waals surface area contributed by atoms with E-state index in [1.54, 1.807) is 20.2 Å². The Morgan fingerprint density at radius 1 is 1.22 bits per heavy atom. The van der Waals surface area contributed by atoms with Crippen molar-refractivity contribution in [2.45, 2.75) is 25.3 Å². The van der Waals surface area contributed by atoms with Crippen molar-refractivity contribution in [2.24, 2.45) is 4.99 Å². The third-order valence-corrected chi connectivity index (χ3v) is 4.37. The summed E-state index contributed by atoms with van der Waals surface area (Å²) in [5.74, 6) is 2.01. The lowest BCUT2D eigenvalue weighted by Crippen LogP contribution is -2.33. The van der Waals surface area contributed by atoms with Gasteiger partial charge in [0.25, 0.3) is 0 Å². The number of nitrogens with one attached hydrogen (secondary N) is 2. The number of methoxy groups -OCH3 is 1. The fourth-order valence-corrected chi connectivity index (χ4v) is 2.96. The molecule has 0 radical (unpaired) electrons. The van der Waals surface area contributed by atoms with Crippen LogP contribution in [-0.4, -0.2) is 32.8 Å². The highest BCUT2D eigenvalue weighted by molar-refractivity contribution is 14.0. The summed E-state index contributed by atoms with van der Waals surface area (Å²) in [5.41, 5.74) is 1.59. The molecule has 2 N–H and O–H groups in total. The smallest absolute Gasteiger partial charge is 0.195 e. The molecule has 27 heavy (non-hydrogen) atoms. The minimum Gasteiger partial charge on any atom is -0.493 e. The number of halogens is 2. The van der Waals surface area contributed by atoms with Crippen LogP contribution in [0.25, 0.3) is 0 Å². The standard InChI is InChI=1S/C20H24FN3O2.HI/c1-4-26-18-10-9-13(11-19(18)25-3)23-20(22-2)24-17-12-15(17)14-7-5-6-8-16(14)21;/h5-11,15,17H,4,12H2,1-3H3,(H2,22,23,24);1H. The minimum absolute atomic E-state index is 0. The lowest BCUT2D eigenvalue weighted by Gasteiger charge is -2.14. The van der Waals surface area contributed by atoms with Crippen molar-refractivity contribution in [2.75, 3.05) is 26.1 Å². The van der Waals surface area contributed by atoms with Crippen LogP contribution in [-0.2, 0) is 0 Å². The Bertz CT molecular complexity index is 801. The number of guanidine groups is 1. The summed E-state index contributed by atoms with van der Waals surface area (Å²) in [6.07, 6.45) is 0.883. The summed E-state index contributed by atoms with van der Waals surface area (Å²) in [4.78, 5) is 4.26. The van der Waals surface area contributed by atoms with E-state index in [-0.39, 0.29) is 41.8 Å². The van der Waals surface area contributed by atoms with Gasteiger partial charge in [-0.15, -0.1) is 24.0 Å². The molecule has 0 heterocycles. The highest BCUT2D eigenvalue weighted by Crippen LogP contribution is 2.41. The summed E-state index contributed by atoms with van der Waals surface area (Å²) in [7, 11) is 3.32. The number of benzene rings is 2. The highest BCUT2D eigenvalue weighted by atomic mass is 127.